The van der Waals surface area contributed by atoms with Gasteiger partial charge < -0.3 is 0 Å². The van der Waals surface area contributed by atoms with Crippen molar-refractivity contribution in [1.82, 2.24) is 0 Å². The summed E-state index contributed by atoms with van der Waals surface area (Å²) in [7, 11) is 0. The first-order valence-corrected chi connectivity index (χ1v) is 8.01. The van der Waals surface area contributed by atoms with E-state index in [1.54, 1.807) is 0 Å². The van der Waals surface area contributed by atoms with E-state index in [-0.39, 0.29) is 0 Å². The third kappa shape index (κ3) is 2.24. The Balaban J connectivity index is 2.11. The summed E-state index contributed by atoms with van der Waals surface area (Å²) < 4.78 is 1.23. The van der Waals surface area contributed by atoms with Crippen LogP contribution in [0.4, 0.5) is 0 Å². The van der Waals surface area contributed by atoms with Crippen LogP contribution in [0.2, 0.25) is 0 Å². The second kappa shape index (κ2) is 5.10. The van der Waals surface area contributed by atoms with Crippen LogP contribution in [0.25, 0.3) is 0 Å². The second-order valence-corrected chi connectivity index (χ2v) is 6.74. The number of fused-ring (bicyclic) bond motifs is 1. The van der Waals surface area contributed by atoms with Crippen LogP contribution in [0, 0.1) is 6.92 Å². The molecule has 3 rings (SSSR count). The first-order valence-electron chi connectivity index (χ1n) is 6.23. The maximum atomic E-state index is 3.70. The van der Waals surface area contributed by atoms with Crippen LogP contribution in [0.15, 0.2) is 51.8 Å². The van der Waals surface area contributed by atoms with Gasteiger partial charge in [-0.1, -0.05) is 51.8 Å². The van der Waals surface area contributed by atoms with Gasteiger partial charge in [-0.05, 0) is 42.4 Å². The summed E-state index contributed by atoms with van der Waals surface area (Å²) in [4.78, 5) is 1.45. The maximum Gasteiger partial charge on any atom is 0.0213 e. The highest BCUT2D eigenvalue weighted by molar-refractivity contribution is 9.10. The molecule has 2 heteroatoms. The summed E-state index contributed by atoms with van der Waals surface area (Å²) in [6.07, 6.45) is 1.23. The van der Waals surface area contributed by atoms with E-state index in [4.69, 9.17) is 0 Å². The summed E-state index contributed by atoms with van der Waals surface area (Å²) in [5.74, 6) is 1.75. The quantitative estimate of drug-likeness (QED) is 0.679. The van der Waals surface area contributed by atoms with Crippen molar-refractivity contribution >= 4 is 27.7 Å². The molecule has 18 heavy (non-hydrogen) atoms. The monoisotopic (exact) mass is 318 g/mol. The minimum Gasteiger partial charge on any atom is -0.126 e. The van der Waals surface area contributed by atoms with Crippen LogP contribution in [0.5, 0.6) is 0 Å². The highest BCUT2D eigenvalue weighted by atomic mass is 79.9. The van der Waals surface area contributed by atoms with Crippen molar-refractivity contribution in [2.45, 2.75) is 24.2 Å². The lowest BCUT2D eigenvalue weighted by Crippen LogP contribution is -2.09. The molecule has 0 saturated carbocycles. The molecular weight excluding hydrogens is 304 g/mol. The Bertz CT molecular complexity index is 577. The van der Waals surface area contributed by atoms with E-state index >= 15 is 0 Å². The van der Waals surface area contributed by atoms with Crippen LogP contribution < -0.4 is 0 Å². The van der Waals surface area contributed by atoms with Crippen LogP contribution in [-0.4, -0.2) is 5.75 Å². The summed E-state index contributed by atoms with van der Waals surface area (Å²) in [5, 5.41) is 0. The third-order valence-corrected chi connectivity index (χ3v) is 5.33. The lowest BCUT2D eigenvalue weighted by Gasteiger charge is -2.26. The highest BCUT2D eigenvalue weighted by Gasteiger charge is 2.23. The molecule has 1 heterocycles. The maximum absolute atomic E-state index is 3.70. The standard InChI is InChI=1S/C16H15BrS/c1-11-6-7-16-14(10-11)12(8-9-18-16)13-4-2-3-5-15(13)17/h2-7,10,12H,8-9H2,1H3. The van der Waals surface area contributed by atoms with Crippen molar-refractivity contribution in [3.8, 4) is 0 Å². The first-order chi connectivity index (χ1) is 8.75. The van der Waals surface area contributed by atoms with Crippen LogP contribution in [0.3, 0.4) is 0 Å². The molecule has 2 aromatic rings. The molecule has 0 bridgehead atoms. The van der Waals surface area contributed by atoms with E-state index < -0.39 is 0 Å². The van der Waals surface area contributed by atoms with Gasteiger partial charge in [0, 0.05) is 15.3 Å². The van der Waals surface area contributed by atoms with Crippen LogP contribution >= 0.6 is 27.7 Å². The molecule has 1 aliphatic rings. The Labute approximate surface area is 121 Å². The molecule has 0 saturated heterocycles. The SMILES string of the molecule is Cc1ccc2c(c1)C(c1ccccc1Br)CCS2. The van der Waals surface area contributed by atoms with Crippen molar-refractivity contribution in [1.29, 1.82) is 0 Å². The smallest absolute Gasteiger partial charge is 0.0213 e. The van der Waals surface area contributed by atoms with Gasteiger partial charge in [-0.3, -0.25) is 0 Å². The number of hydrogen-bond acceptors (Lipinski definition) is 1. The number of aryl methyl sites for hydroxylation is 1. The normalized spacial score (nSPS) is 18.4. The van der Waals surface area contributed by atoms with E-state index in [0.717, 1.165) is 0 Å². The zero-order chi connectivity index (χ0) is 12.5. The van der Waals surface area contributed by atoms with Gasteiger partial charge in [-0.2, -0.15) is 0 Å². The fourth-order valence-electron chi connectivity index (χ4n) is 2.59. The van der Waals surface area contributed by atoms with E-state index in [1.807, 2.05) is 11.8 Å². The topological polar surface area (TPSA) is 0 Å². The second-order valence-electron chi connectivity index (χ2n) is 4.75. The average Bonchev–Trinajstić information content (AvgIpc) is 2.39. The summed E-state index contributed by atoms with van der Waals surface area (Å²) >= 11 is 5.68. The molecule has 1 aliphatic heterocycles. The Morgan fingerprint density at radius 2 is 1.94 bits per heavy atom. The molecule has 0 radical (unpaired) electrons. The Hall–Kier alpha value is -0.730. The van der Waals surface area contributed by atoms with Gasteiger partial charge in [0.05, 0.1) is 0 Å². The molecule has 92 valence electrons. The number of hydrogen-bond donors (Lipinski definition) is 0. The van der Waals surface area contributed by atoms with Gasteiger partial charge in [0.1, 0.15) is 0 Å². The summed E-state index contributed by atoms with van der Waals surface area (Å²) in [6, 6.07) is 15.5. The van der Waals surface area contributed by atoms with E-state index in [1.165, 1.54) is 38.2 Å². The third-order valence-electron chi connectivity index (χ3n) is 3.49. The van der Waals surface area contributed by atoms with Gasteiger partial charge in [0.2, 0.25) is 0 Å². The summed E-state index contributed by atoms with van der Waals surface area (Å²) in [5.41, 5.74) is 4.27. The van der Waals surface area contributed by atoms with Gasteiger partial charge in [-0.15, -0.1) is 11.8 Å². The van der Waals surface area contributed by atoms with E-state index in [2.05, 4.69) is 65.3 Å². The fourth-order valence-corrected chi connectivity index (χ4v) is 4.26. The van der Waals surface area contributed by atoms with Gasteiger partial charge in [0.25, 0.3) is 0 Å². The minimum absolute atomic E-state index is 0.539. The van der Waals surface area contributed by atoms with Gasteiger partial charge in [-0.25, -0.2) is 0 Å². The Kier molecular flexibility index (Phi) is 3.49. The molecule has 2 aromatic carbocycles. The minimum atomic E-state index is 0.539. The highest BCUT2D eigenvalue weighted by Crippen LogP contribution is 2.43. The van der Waals surface area contributed by atoms with Gasteiger partial charge in [0.15, 0.2) is 0 Å². The average molecular weight is 319 g/mol. The van der Waals surface area contributed by atoms with Crippen molar-refractivity contribution in [2.24, 2.45) is 0 Å². The predicted octanol–water partition coefficient (Wildman–Crippen LogP) is 5.39. The fraction of sp³-hybridized carbons (Fsp3) is 0.250. The van der Waals surface area contributed by atoms with Crippen molar-refractivity contribution < 1.29 is 0 Å². The number of halogens is 1. The van der Waals surface area contributed by atoms with E-state index in [9.17, 15) is 0 Å². The largest absolute Gasteiger partial charge is 0.126 e. The lowest BCUT2D eigenvalue weighted by molar-refractivity contribution is 0.750. The first kappa shape index (κ1) is 12.3. The Morgan fingerprint density at radius 1 is 1.11 bits per heavy atom. The molecule has 0 nitrogen and oxygen atoms in total. The lowest BCUT2D eigenvalue weighted by atomic mass is 9.88. The molecule has 0 aliphatic carbocycles. The molecule has 0 spiro atoms. The molecule has 0 fully saturated rings. The van der Waals surface area contributed by atoms with Crippen molar-refractivity contribution in [2.75, 3.05) is 5.75 Å². The van der Waals surface area contributed by atoms with Crippen molar-refractivity contribution in [3.63, 3.8) is 0 Å². The van der Waals surface area contributed by atoms with Crippen molar-refractivity contribution in [3.05, 3.63) is 63.6 Å². The van der Waals surface area contributed by atoms with Crippen LogP contribution in [-0.2, 0) is 0 Å². The van der Waals surface area contributed by atoms with E-state index in [0.29, 0.717) is 5.92 Å². The Morgan fingerprint density at radius 3 is 2.78 bits per heavy atom. The number of rotatable bonds is 1. The molecule has 0 N–H and O–H groups in total. The van der Waals surface area contributed by atoms with Gasteiger partial charge >= 0.3 is 0 Å². The molecule has 1 unspecified atom stereocenters. The zero-order valence-corrected chi connectivity index (χ0v) is 12.7. The zero-order valence-electron chi connectivity index (χ0n) is 10.3. The summed E-state index contributed by atoms with van der Waals surface area (Å²) in [6.45, 7) is 2.18. The number of benzene rings is 2. The molecule has 0 amide bonds. The molecular formula is C16H15BrS. The molecule has 1 atom stereocenters. The molecule has 0 aromatic heterocycles. The predicted molar refractivity (Wildman–Crippen MR) is 82.5 cm³/mol. The van der Waals surface area contributed by atoms with Crippen LogP contribution in [0.1, 0.15) is 29.0 Å². The number of thioether (sulfide) groups is 1.